The highest BCUT2D eigenvalue weighted by molar-refractivity contribution is 5.94. The van der Waals surface area contributed by atoms with Crippen LogP contribution in [-0.4, -0.2) is 78.9 Å². The van der Waals surface area contributed by atoms with Crippen LogP contribution in [0, 0.1) is 23.2 Å². The van der Waals surface area contributed by atoms with Gasteiger partial charge in [0.2, 0.25) is 0 Å². The Morgan fingerprint density at radius 1 is 1.15 bits per heavy atom. The Bertz CT molecular complexity index is 823. The molecule has 2 atom stereocenters. The molecule has 1 aromatic heterocycles. The highest BCUT2D eigenvalue weighted by Crippen LogP contribution is 2.46. The van der Waals surface area contributed by atoms with Gasteiger partial charge < -0.3 is 24.1 Å². The van der Waals surface area contributed by atoms with Gasteiger partial charge in [-0.3, -0.25) is 4.79 Å². The van der Waals surface area contributed by atoms with Crippen molar-refractivity contribution in [2.45, 2.75) is 38.3 Å². The second-order valence-electron chi connectivity index (χ2n) is 9.97. The topological polar surface area (TPSA) is 83.2 Å². The van der Waals surface area contributed by atoms with E-state index in [-0.39, 0.29) is 11.3 Å². The highest BCUT2D eigenvalue weighted by Gasteiger charge is 2.52. The number of carboxylic acids is 1. The Kier molecular flexibility index (Phi) is 7.04. The maximum absolute atomic E-state index is 12.8. The van der Waals surface area contributed by atoms with Crippen molar-refractivity contribution in [1.82, 2.24) is 9.80 Å². The SMILES string of the molecule is O=C(O)C(F)(F)F.O=C(c1ccoc1)N1CC[C@@]2(CN(CC3CC3)C[C@@H]2COCC2CC2)C1. The van der Waals surface area contributed by atoms with Gasteiger partial charge in [0, 0.05) is 50.7 Å². The van der Waals surface area contributed by atoms with Gasteiger partial charge in [0.15, 0.2) is 0 Å². The third kappa shape index (κ3) is 6.29. The predicted molar refractivity (Wildman–Crippen MR) is 112 cm³/mol. The van der Waals surface area contributed by atoms with Gasteiger partial charge in [-0.25, -0.2) is 4.79 Å². The van der Waals surface area contributed by atoms with Gasteiger partial charge in [-0.2, -0.15) is 13.2 Å². The molecule has 1 N–H and O–H groups in total. The summed E-state index contributed by atoms with van der Waals surface area (Å²) in [6.07, 6.45) is 4.66. The van der Waals surface area contributed by atoms with Gasteiger partial charge >= 0.3 is 12.1 Å². The molecule has 1 spiro atoms. The molecule has 2 aliphatic heterocycles. The quantitative estimate of drug-likeness (QED) is 0.654. The lowest BCUT2D eigenvalue weighted by molar-refractivity contribution is -0.192. The molecule has 184 valence electrons. The Labute approximate surface area is 190 Å². The third-order valence-corrected chi connectivity index (χ3v) is 7.15. The molecular formula is C23H31F3N2O5. The van der Waals surface area contributed by atoms with Gasteiger partial charge in [0.25, 0.3) is 5.91 Å². The number of carbonyl (C=O) groups is 2. The second-order valence-corrected chi connectivity index (χ2v) is 9.97. The Balaban J connectivity index is 0.000000325. The van der Waals surface area contributed by atoms with E-state index in [1.54, 1.807) is 18.6 Å². The minimum atomic E-state index is -5.08. The zero-order chi connectivity index (χ0) is 23.6. The van der Waals surface area contributed by atoms with Crippen LogP contribution in [0.15, 0.2) is 23.0 Å². The summed E-state index contributed by atoms with van der Waals surface area (Å²) >= 11 is 0. The largest absolute Gasteiger partial charge is 0.490 e. The minimum Gasteiger partial charge on any atom is -0.475 e. The van der Waals surface area contributed by atoms with E-state index in [4.69, 9.17) is 19.1 Å². The zero-order valence-electron chi connectivity index (χ0n) is 18.6. The van der Waals surface area contributed by atoms with Crippen molar-refractivity contribution in [3.8, 4) is 0 Å². The van der Waals surface area contributed by atoms with Crippen LogP contribution in [0.5, 0.6) is 0 Å². The van der Waals surface area contributed by atoms with E-state index < -0.39 is 12.1 Å². The molecule has 1 aromatic rings. The number of ether oxygens (including phenoxy) is 1. The number of alkyl halides is 3. The molecule has 4 aliphatic rings. The molecule has 2 saturated carbocycles. The molecule has 0 bridgehead atoms. The van der Waals surface area contributed by atoms with Gasteiger partial charge in [-0.1, -0.05) is 0 Å². The van der Waals surface area contributed by atoms with Gasteiger partial charge in [-0.05, 0) is 50.0 Å². The van der Waals surface area contributed by atoms with Crippen molar-refractivity contribution in [2.75, 3.05) is 45.9 Å². The summed E-state index contributed by atoms with van der Waals surface area (Å²) in [5.74, 6) is -0.343. The van der Waals surface area contributed by atoms with E-state index >= 15 is 0 Å². The minimum absolute atomic E-state index is 0.119. The number of aliphatic carboxylic acids is 1. The molecule has 0 aromatic carbocycles. The lowest BCUT2D eigenvalue weighted by Gasteiger charge is -2.30. The summed E-state index contributed by atoms with van der Waals surface area (Å²) in [6, 6.07) is 1.78. The molecule has 0 unspecified atom stereocenters. The van der Waals surface area contributed by atoms with E-state index in [9.17, 15) is 18.0 Å². The van der Waals surface area contributed by atoms with Crippen molar-refractivity contribution < 1.29 is 37.0 Å². The average molecular weight is 473 g/mol. The standard InChI is InChI=1S/C21H30N2O3.C2HF3O2/c24-20(18-5-8-25-12-18)23-7-6-21(15-23)14-22(9-16-1-2-16)10-19(21)13-26-11-17-3-4-17;3-2(4,5)1(6)7/h5,8,12,16-17,19H,1-4,6-7,9-11,13-15H2;(H,6,7)/t19-,21-;/m1./s1. The zero-order valence-corrected chi connectivity index (χ0v) is 18.6. The van der Waals surface area contributed by atoms with Gasteiger partial charge in [0.1, 0.15) is 6.26 Å². The highest BCUT2D eigenvalue weighted by atomic mass is 19.4. The fourth-order valence-corrected chi connectivity index (χ4v) is 4.94. The fraction of sp³-hybridized carbons (Fsp3) is 0.739. The van der Waals surface area contributed by atoms with Crippen LogP contribution < -0.4 is 0 Å². The third-order valence-electron chi connectivity index (χ3n) is 7.15. The molecule has 1 amide bonds. The van der Waals surface area contributed by atoms with E-state index in [1.165, 1.54) is 32.2 Å². The van der Waals surface area contributed by atoms with Gasteiger partial charge in [0.05, 0.1) is 18.4 Å². The van der Waals surface area contributed by atoms with Crippen LogP contribution in [0.3, 0.4) is 0 Å². The Morgan fingerprint density at radius 2 is 1.85 bits per heavy atom. The van der Waals surface area contributed by atoms with E-state index in [0.29, 0.717) is 11.5 Å². The van der Waals surface area contributed by atoms with Crippen LogP contribution in [0.1, 0.15) is 42.5 Å². The number of likely N-dealkylation sites (tertiary alicyclic amines) is 2. The predicted octanol–water partition coefficient (Wildman–Crippen LogP) is 3.51. The van der Waals surface area contributed by atoms with E-state index in [1.807, 2.05) is 4.90 Å². The molecule has 2 aliphatic carbocycles. The van der Waals surface area contributed by atoms with Crippen molar-refractivity contribution in [2.24, 2.45) is 23.2 Å². The summed E-state index contributed by atoms with van der Waals surface area (Å²) in [6.45, 7) is 7.07. The first kappa shape index (κ1) is 24.1. The fourth-order valence-electron chi connectivity index (χ4n) is 4.94. The van der Waals surface area contributed by atoms with Crippen LogP contribution in [-0.2, 0) is 9.53 Å². The lowest BCUT2D eigenvalue weighted by atomic mass is 9.77. The molecule has 2 saturated heterocycles. The van der Waals surface area contributed by atoms with E-state index in [2.05, 4.69) is 4.90 Å². The smallest absolute Gasteiger partial charge is 0.475 e. The summed E-state index contributed by atoms with van der Waals surface area (Å²) in [5, 5.41) is 7.12. The summed E-state index contributed by atoms with van der Waals surface area (Å²) in [7, 11) is 0. The van der Waals surface area contributed by atoms with E-state index in [0.717, 1.165) is 57.6 Å². The normalized spacial score (nSPS) is 27.6. The molecule has 7 nitrogen and oxygen atoms in total. The van der Waals surface area contributed by atoms with Crippen LogP contribution in [0.25, 0.3) is 0 Å². The van der Waals surface area contributed by atoms with Crippen LogP contribution >= 0.6 is 0 Å². The molecule has 3 heterocycles. The molecular weight excluding hydrogens is 441 g/mol. The average Bonchev–Trinajstić information content (AvgIpc) is 3.61. The van der Waals surface area contributed by atoms with Crippen molar-refractivity contribution in [3.63, 3.8) is 0 Å². The number of rotatable bonds is 7. The van der Waals surface area contributed by atoms with Gasteiger partial charge in [-0.15, -0.1) is 0 Å². The number of furan rings is 1. The monoisotopic (exact) mass is 472 g/mol. The number of hydrogen-bond acceptors (Lipinski definition) is 5. The first-order valence-corrected chi connectivity index (χ1v) is 11.6. The first-order chi connectivity index (χ1) is 15.7. The number of carbonyl (C=O) groups excluding carboxylic acids is 1. The van der Waals surface area contributed by atoms with Crippen molar-refractivity contribution in [1.29, 1.82) is 0 Å². The number of carboxylic acid groups (broad SMARTS) is 1. The maximum Gasteiger partial charge on any atom is 0.490 e. The summed E-state index contributed by atoms with van der Waals surface area (Å²) < 4.78 is 43.0. The number of hydrogen-bond donors (Lipinski definition) is 1. The molecule has 4 fully saturated rings. The number of nitrogens with zero attached hydrogens (tertiary/aromatic N) is 2. The molecule has 5 rings (SSSR count). The molecule has 33 heavy (non-hydrogen) atoms. The Hall–Kier alpha value is -2.07. The molecule has 10 heteroatoms. The maximum atomic E-state index is 12.8. The first-order valence-electron chi connectivity index (χ1n) is 11.6. The van der Waals surface area contributed by atoms with Crippen molar-refractivity contribution in [3.05, 3.63) is 24.2 Å². The molecule has 0 radical (unpaired) electrons. The van der Waals surface area contributed by atoms with Crippen molar-refractivity contribution >= 4 is 11.9 Å². The summed E-state index contributed by atoms with van der Waals surface area (Å²) in [5.41, 5.74) is 0.897. The number of amides is 1. The number of halogens is 3. The van der Waals surface area contributed by atoms with Crippen LogP contribution in [0.4, 0.5) is 13.2 Å². The second kappa shape index (κ2) is 9.66. The lowest BCUT2D eigenvalue weighted by Crippen LogP contribution is -2.38. The summed E-state index contributed by atoms with van der Waals surface area (Å²) in [4.78, 5) is 26.4. The van der Waals surface area contributed by atoms with Crippen LogP contribution in [0.2, 0.25) is 0 Å². The Morgan fingerprint density at radius 3 is 2.42 bits per heavy atom.